The third-order valence-corrected chi connectivity index (χ3v) is 5.83. The molecule has 1 N–H and O–H groups in total. The molecule has 1 fully saturated rings. The molecule has 0 radical (unpaired) electrons. The predicted octanol–water partition coefficient (Wildman–Crippen LogP) is 4.77. The van der Waals surface area contributed by atoms with Crippen LogP contribution in [0.1, 0.15) is 30.0 Å². The molecule has 0 aliphatic heterocycles. The van der Waals surface area contributed by atoms with E-state index in [0.29, 0.717) is 6.04 Å². The largest absolute Gasteiger partial charge is 0.325 e. The number of carbonyl (C=O) groups excluding carboxylic acids is 1. The van der Waals surface area contributed by atoms with Crippen molar-refractivity contribution in [2.45, 2.75) is 37.9 Å². The predicted molar refractivity (Wildman–Crippen MR) is 109 cm³/mol. The summed E-state index contributed by atoms with van der Waals surface area (Å²) < 4.78 is 15.3. The summed E-state index contributed by atoms with van der Waals surface area (Å²) in [6.07, 6.45) is 2.13. The average Bonchev–Trinajstić information content (AvgIpc) is 3.44. The smallest absolute Gasteiger partial charge is 0.234 e. The molecule has 0 spiro atoms. The zero-order chi connectivity index (χ0) is 19.7. The highest BCUT2D eigenvalue weighted by atomic mass is 32.2. The Bertz CT molecular complexity index is 1010. The fraction of sp³-hybridized carbons (Fsp3) is 0.286. The molecule has 28 heavy (non-hydrogen) atoms. The Labute approximate surface area is 167 Å². The van der Waals surface area contributed by atoms with Crippen LogP contribution in [0.3, 0.4) is 0 Å². The van der Waals surface area contributed by atoms with E-state index in [2.05, 4.69) is 20.1 Å². The second-order valence-corrected chi connectivity index (χ2v) is 7.94. The monoisotopic (exact) mass is 396 g/mol. The molecule has 1 amide bonds. The van der Waals surface area contributed by atoms with E-state index in [1.54, 1.807) is 12.1 Å². The second kappa shape index (κ2) is 7.75. The molecule has 1 heterocycles. The van der Waals surface area contributed by atoms with E-state index in [4.69, 9.17) is 0 Å². The summed E-state index contributed by atoms with van der Waals surface area (Å²) in [4.78, 5) is 12.4. The van der Waals surface area contributed by atoms with Crippen molar-refractivity contribution in [1.82, 2.24) is 14.8 Å². The lowest BCUT2D eigenvalue weighted by Gasteiger charge is -2.11. The van der Waals surface area contributed by atoms with E-state index in [1.165, 1.54) is 23.9 Å². The molecule has 0 atom stereocenters. The van der Waals surface area contributed by atoms with Gasteiger partial charge in [0.1, 0.15) is 5.82 Å². The number of hydrogen-bond donors (Lipinski definition) is 1. The highest BCUT2D eigenvalue weighted by molar-refractivity contribution is 7.99. The molecule has 144 valence electrons. The third kappa shape index (κ3) is 3.94. The topological polar surface area (TPSA) is 59.8 Å². The van der Waals surface area contributed by atoms with E-state index in [9.17, 15) is 9.18 Å². The lowest BCUT2D eigenvalue weighted by molar-refractivity contribution is -0.113. The Morgan fingerprint density at radius 2 is 1.93 bits per heavy atom. The second-order valence-electron chi connectivity index (χ2n) is 7.00. The Morgan fingerprint density at radius 1 is 1.18 bits per heavy atom. The molecular weight excluding hydrogens is 375 g/mol. The van der Waals surface area contributed by atoms with Gasteiger partial charge in [0, 0.05) is 17.3 Å². The first-order valence-electron chi connectivity index (χ1n) is 9.22. The highest BCUT2D eigenvalue weighted by Crippen LogP contribution is 2.41. The molecule has 3 aromatic rings. The van der Waals surface area contributed by atoms with Crippen molar-refractivity contribution in [3.8, 4) is 11.4 Å². The molecule has 1 aliphatic carbocycles. The van der Waals surface area contributed by atoms with E-state index in [0.717, 1.165) is 46.2 Å². The quantitative estimate of drug-likeness (QED) is 0.610. The maximum atomic E-state index is 13.2. The van der Waals surface area contributed by atoms with Gasteiger partial charge in [0.05, 0.1) is 5.75 Å². The van der Waals surface area contributed by atoms with Crippen molar-refractivity contribution in [2.75, 3.05) is 11.1 Å². The standard InChI is InChI=1S/C21H21FN4OS/c1-13-4-3-5-18(14(13)2)23-19(27)12-28-21-25-24-20(26(21)17-10-11-17)15-6-8-16(22)9-7-15/h3-9,17H,10-12H2,1-2H3,(H,23,27). The molecule has 1 aromatic heterocycles. The number of rotatable bonds is 6. The normalized spacial score (nSPS) is 13.5. The fourth-order valence-corrected chi connectivity index (χ4v) is 3.84. The van der Waals surface area contributed by atoms with Crippen LogP contribution in [0.25, 0.3) is 11.4 Å². The van der Waals surface area contributed by atoms with E-state index in [1.807, 2.05) is 32.0 Å². The summed E-state index contributed by atoms with van der Waals surface area (Å²) in [5.41, 5.74) is 3.87. The maximum absolute atomic E-state index is 13.2. The van der Waals surface area contributed by atoms with Gasteiger partial charge in [0.2, 0.25) is 5.91 Å². The van der Waals surface area contributed by atoms with Crippen molar-refractivity contribution in [2.24, 2.45) is 0 Å². The van der Waals surface area contributed by atoms with Gasteiger partial charge in [-0.2, -0.15) is 0 Å². The summed E-state index contributed by atoms with van der Waals surface area (Å²) in [5.74, 6) is 0.619. The Balaban J connectivity index is 1.48. The number of aromatic nitrogens is 3. The average molecular weight is 396 g/mol. The zero-order valence-electron chi connectivity index (χ0n) is 15.8. The van der Waals surface area contributed by atoms with Crippen LogP contribution in [-0.2, 0) is 4.79 Å². The number of thioether (sulfide) groups is 1. The number of hydrogen-bond acceptors (Lipinski definition) is 4. The number of carbonyl (C=O) groups is 1. The minimum atomic E-state index is -0.279. The first-order valence-corrected chi connectivity index (χ1v) is 10.2. The van der Waals surface area contributed by atoms with Crippen LogP contribution >= 0.6 is 11.8 Å². The summed E-state index contributed by atoms with van der Waals surface area (Å²) in [5, 5.41) is 12.3. The highest BCUT2D eigenvalue weighted by Gasteiger charge is 2.30. The number of nitrogens with one attached hydrogen (secondary N) is 1. The van der Waals surface area contributed by atoms with Crippen LogP contribution in [0.15, 0.2) is 47.6 Å². The molecule has 1 saturated carbocycles. The summed E-state index contributed by atoms with van der Waals surface area (Å²) in [6.45, 7) is 4.02. The Kier molecular flexibility index (Phi) is 5.17. The van der Waals surface area contributed by atoms with Gasteiger partial charge in [-0.05, 0) is 68.1 Å². The van der Waals surface area contributed by atoms with Gasteiger partial charge in [-0.3, -0.25) is 9.36 Å². The summed E-state index contributed by atoms with van der Waals surface area (Å²) in [6, 6.07) is 12.5. The molecule has 0 bridgehead atoms. The van der Waals surface area contributed by atoms with E-state index in [-0.39, 0.29) is 17.5 Å². The molecule has 2 aromatic carbocycles. The van der Waals surface area contributed by atoms with E-state index < -0.39 is 0 Å². The number of amides is 1. The van der Waals surface area contributed by atoms with Crippen molar-refractivity contribution in [1.29, 1.82) is 0 Å². The van der Waals surface area contributed by atoms with Crippen molar-refractivity contribution in [3.63, 3.8) is 0 Å². The zero-order valence-corrected chi connectivity index (χ0v) is 16.6. The van der Waals surface area contributed by atoms with Crippen molar-refractivity contribution < 1.29 is 9.18 Å². The number of aryl methyl sites for hydroxylation is 1. The van der Waals surface area contributed by atoms with Gasteiger partial charge >= 0.3 is 0 Å². The third-order valence-electron chi connectivity index (χ3n) is 4.89. The molecule has 0 saturated heterocycles. The number of benzene rings is 2. The lowest BCUT2D eigenvalue weighted by Crippen LogP contribution is -2.15. The first kappa shape index (κ1) is 18.7. The molecule has 0 unspecified atom stereocenters. The van der Waals surface area contributed by atoms with E-state index >= 15 is 0 Å². The van der Waals surface area contributed by atoms with Crippen molar-refractivity contribution in [3.05, 3.63) is 59.4 Å². The number of anilines is 1. The summed E-state index contributed by atoms with van der Waals surface area (Å²) >= 11 is 1.37. The van der Waals surface area contributed by atoms with Gasteiger partial charge in [-0.15, -0.1) is 10.2 Å². The van der Waals surface area contributed by atoms with Gasteiger partial charge in [0.15, 0.2) is 11.0 Å². The van der Waals surface area contributed by atoms with Gasteiger partial charge in [-0.1, -0.05) is 23.9 Å². The molecule has 1 aliphatic rings. The fourth-order valence-electron chi connectivity index (χ4n) is 3.04. The molecule has 4 rings (SSSR count). The Hall–Kier alpha value is -2.67. The van der Waals surface area contributed by atoms with Crippen LogP contribution in [0.5, 0.6) is 0 Å². The summed E-state index contributed by atoms with van der Waals surface area (Å²) in [7, 11) is 0. The SMILES string of the molecule is Cc1cccc(NC(=O)CSc2nnc(-c3ccc(F)cc3)n2C2CC2)c1C. The lowest BCUT2D eigenvalue weighted by atomic mass is 10.1. The molecule has 7 heteroatoms. The van der Waals surface area contributed by atoms with Crippen LogP contribution < -0.4 is 5.32 Å². The molecule has 5 nitrogen and oxygen atoms in total. The number of halogens is 1. The van der Waals surface area contributed by atoms with Crippen LogP contribution in [0.4, 0.5) is 10.1 Å². The van der Waals surface area contributed by atoms with Crippen LogP contribution in [-0.4, -0.2) is 26.4 Å². The number of nitrogens with zero attached hydrogens (tertiary/aromatic N) is 3. The minimum Gasteiger partial charge on any atom is -0.325 e. The van der Waals surface area contributed by atoms with Crippen molar-refractivity contribution >= 4 is 23.4 Å². The maximum Gasteiger partial charge on any atom is 0.234 e. The van der Waals surface area contributed by atoms with Gasteiger partial charge < -0.3 is 5.32 Å². The minimum absolute atomic E-state index is 0.0765. The van der Waals surface area contributed by atoms with Crippen LogP contribution in [0, 0.1) is 19.7 Å². The van der Waals surface area contributed by atoms with Gasteiger partial charge in [-0.25, -0.2) is 4.39 Å². The molecular formula is C21H21FN4OS. The first-order chi connectivity index (χ1) is 13.5. The van der Waals surface area contributed by atoms with Gasteiger partial charge in [0.25, 0.3) is 0 Å². The van der Waals surface area contributed by atoms with Crippen LogP contribution in [0.2, 0.25) is 0 Å². The Morgan fingerprint density at radius 3 is 2.64 bits per heavy atom.